The number of allylic oxidation sites excluding steroid dienone is 3. The van der Waals surface area contributed by atoms with Crippen LogP contribution in [-0.4, -0.2) is 34.9 Å². The van der Waals surface area contributed by atoms with Gasteiger partial charge in [-0.25, -0.2) is 0 Å². The van der Waals surface area contributed by atoms with Crippen LogP contribution >= 0.6 is 0 Å². The summed E-state index contributed by atoms with van der Waals surface area (Å²) in [5.74, 6) is 3.94. The molecule has 7 nitrogen and oxygen atoms in total. The van der Waals surface area contributed by atoms with E-state index in [4.69, 9.17) is 15.9 Å². The lowest BCUT2D eigenvalue weighted by Crippen LogP contribution is -2.37. The molecule has 0 spiro atoms. The third-order valence-corrected chi connectivity index (χ3v) is 5.71. The predicted molar refractivity (Wildman–Crippen MR) is 142 cm³/mol. The van der Waals surface area contributed by atoms with Crippen LogP contribution in [0.4, 0.5) is 5.69 Å². The summed E-state index contributed by atoms with van der Waals surface area (Å²) in [6.45, 7) is 3.62. The molecule has 0 unspecified atom stereocenters. The summed E-state index contributed by atoms with van der Waals surface area (Å²) in [6.07, 6.45) is 16.3. The molecule has 1 aromatic heterocycles. The molecule has 1 fully saturated rings. The smallest absolute Gasteiger partial charge is 0.259 e. The molecule has 3 aromatic rings. The number of ether oxygens (including phenoxy) is 2. The third-order valence-electron chi connectivity index (χ3n) is 5.71. The lowest BCUT2D eigenvalue weighted by Gasteiger charge is -2.25. The molecule has 2 heterocycles. The summed E-state index contributed by atoms with van der Waals surface area (Å²) < 4.78 is 13.9. The number of piperidine rings is 1. The van der Waals surface area contributed by atoms with Crippen molar-refractivity contribution in [1.29, 1.82) is 0 Å². The first-order valence-electron chi connectivity index (χ1n) is 11.9. The summed E-state index contributed by atoms with van der Waals surface area (Å²) in [6, 6.07) is 12.8. The van der Waals surface area contributed by atoms with Crippen LogP contribution in [0.15, 0.2) is 78.8 Å². The summed E-state index contributed by atoms with van der Waals surface area (Å²) in [5.41, 5.74) is 3.02. The van der Waals surface area contributed by atoms with Crippen LogP contribution in [0, 0.1) is 12.3 Å². The maximum absolute atomic E-state index is 13.3. The number of benzene rings is 2. The molecular formula is C29H30N4O3. The quantitative estimate of drug-likeness (QED) is 0.270. The van der Waals surface area contributed by atoms with Crippen LogP contribution < -0.4 is 20.1 Å². The van der Waals surface area contributed by atoms with Crippen LogP contribution in [-0.2, 0) is 7.05 Å². The van der Waals surface area contributed by atoms with Gasteiger partial charge in [-0.3, -0.25) is 9.48 Å². The number of hydrogen-bond donors (Lipinski definition) is 2. The van der Waals surface area contributed by atoms with E-state index in [0.29, 0.717) is 28.5 Å². The van der Waals surface area contributed by atoms with Crippen LogP contribution in [0.25, 0.3) is 11.1 Å². The van der Waals surface area contributed by atoms with Crippen molar-refractivity contribution in [3.8, 4) is 35.0 Å². The molecule has 184 valence electrons. The van der Waals surface area contributed by atoms with Gasteiger partial charge in [-0.1, -0.05) is 18.1 Å². The summed E-state index contributed by atoms with van der Waals surface area (Å²) in [4.78, 5) is 13.3. The Balaban J connectivity index is 1.53. The number of hydrogen-bond acceptors (Lipinski definition) is 5. The largest absolute Gasteiger partial charge is 0.488 e. The molecule has 4 rings (SSSR count). The van der Waals surface area contributed by atoms with Gasteiger partial charge in [0, 0.05) is 37.1 Å². The van der Waals surface area contributed by atoms with Gasteiger partial charge in [0.05, 0.1) is 11.8 Å². The molecule has 2 aromatic carbocycles. The Bertz CT molecular complexity index is 1290. The first kappa shape index (κ1) is 24.8. The average Bonchev–Trinajstić information content (AvgIpc) is 3.32. The topological polar surface area (TPSA) is 77.4 Å². The standard InChI is InChI=1S/C29H30N4O3/c1-4-7-24(8-5-2)35-25-13-11-23(12-14-25)32-29(34)27-15-10-21(22-18-31-33(3)20-22)17-28(27)36-26-9-6-16-30-19-26/h1,5,7-8,10-15,17-18,20,26,30H,6,9,16,19H2,2-3H3,(H,32,34)/b8-5-,24-7+/t26-/m1/s1. The number of nitrogens with one attached hydrogen (secondary N) is 2. The number of nitrogens with zero attached hydrogens (tertiary/aromatic N) is 2. The van der Waals surface area contributed by atoms with Crippen molar-refractivity contribution >= 4 is 11.6 Å². The van der Waals surface area contributed by atoms with E-state index in [1.807, 2.05) is 38.4 Å². The molecular weight excluding hydrogens is 452 g/mol. The van der Waals surface area contributed by atoms with Crippen molar-refractivity contribution in [3.05, 3.63) is 84.4 Å². The van der Waals surface area contributed by atoms with Crippen LogP contribution in [0.2, 0.25) is 0 Å². The normalized spacial score (nSPS) is 15.9. The van der Waals surface area contributed by atoms with E-state index < -0.39 is 0 Å². The highest BCUT2D eigenvalue weighted by Crippen LogP contribution is 2.30. The van der Waals surface area contributed by atoms with Gasteiger partial charge in [-0.15, -0.1) is 6.42 Å². The Labute approximate surface area is 211 Å². The highest BCUT2D eigenvalue weighted by molar-refractivity contribution is 6.06. The highest BCUT2D eigenvalue weighted by Gasteiger charge is 2.20. The fourth-order valence-electron chi connectivity index (χ4n) is 3.96. The van der Waals surface area contributed by atoms with Gasteiger partial charge in [0.15, 0.2) is 0 Å². The van der Waals surface area contributed by atoms with Gasteiger partial charge in [0.2, 0.25) is 0 Å². The Morgan fingerprint density at radius 3 is 2.75 bits per heavy atom. The van der Waals surface area contributed by atoms with Gasteiger partial charge >= 0.3 is 0 Å². The zero-order valence-electron chi connectivity index (χ0n) is 20.5. The third kappa shape index (κ3) is 6.44. The SMILES string of the molecule is C#C/C=C(\C=C/C)Oc1ccc(NC(=O)c2ccc(-c3cnn(C)c3)cc2O[C@@H]2CCCNC2)cc1. The Kier molecular flexibility index (Phi) is 8.22. The first-order chi connectivity index (χ1) is 17.6. The van der Waals surface area contributed by atoms with Crippen molar-refractivity contribution in [2.24, 2.45) is 7.05 Å². The van der Waals surface area contributed by atoms with E-state index in [9.17, 15) is 4.79 Å². The molecule has 1 aliphatic rings. The molecule has 1 saturated heterocycles. The van der Waals surface area contributed by atoms with Crippen molar-refractivity contribution in [1.82, 2.24) is 15.1 Å². The second kappa shape index (κ2) is 11.9. The van der Waals surface area contributed by atoms with Crippen molar-refractivity contribution in [2.75, 3.05) is 18.4 Å². The number of amides is 1. The van der Waals surface area contributed by atoms with E-state index in [0.717, 1.165) is 37.1 Å². The number of carbonyl (C=O) groups is 1. The van der Waals surface area contributed by atoms with E-state index in [-0.39, 0.29) is 12.0 Å². The number of aryl methyl sites for hydroxylation is 1. The molecule has 0 radical (unpaired) electrons. The Morgan fingerprint density at radius 2 is 2.08 bits per heavy atom. The maximum atomic E-state index is 13.3. The maximum Gasteiger partial charge on any atom is 0.259 e. The van der Waals surface area contributed by atoms with Gasteiger partial charge in [0.1, 0.15) is 23.4 Å². The van der Waals surface area contributed by atoms with E-state index >= 15 is 0 Å². The van der Waals surface area contributed by atoms with Crippen LogP contribution in [0.1, 0.15) is 30.1 Å². The first-order valence-corrected chi connectivity index (χ1v) is 11.9. The summed E-state index contributed by atoms with van der Waals surface area (Å²) >= 11 is 0. The molecule has 0 bridgehead atoms. The zero-order chi connectivity index (χ0) is 25.3. The fraction of sp³-hybridized carbons (Fsp3) is 0.241. The lowest BCUT2D eigenvalue weighted by molar-refractivity contribution is 0.101. The summed E-state index contributed by atoms with van der Waals surface area (Å²) in [7, 11) is 1.87. The summed E-state index contributed by atoms with van der Waals surface area (Å²) in [5, 5.41) is 10.6. The van der Waals surface area contributed by atoms with Gasteiger partial charge in [-0.05, 0) is 74.3 Å². The minimum atomic E-state index is -0.248. The van der Waals surface area contributed by atoms with E-state index in [1.165, 1.54) is 0 Å². The van der Waals surface area contributed by atoms with Crippen LogP contribution in [0.5, 0.6) is 11.5 Å². The van der Waals surface area contributed by atoms with Gasteiger partial charge in [0.25, 0.3) is 5.91 Å². The lowest BCUT2D eigenvalue weighted by atomic mass is 10.0. The molecule has 1 aliphatic heterocycles. The predicted octanol–water partition coefficient (Wildman–Crippen LogP) is 4.94. The van der Waals surface area contributed by atoms with E-state index in [2.05, 4.69) is 21.7 Å². The monoisotopic (exact) mass is 482 g/mol. The minimum Gasteiger partial charge on any atom is -0.488 e. The molecule has 36 heavy (non-hydrogen) atoms. The number of aromatic nitrogens is 2. The van der Waals surface area contributed by atoms with Crippen molar-refractivity contribution in [3.63, 3.8) is 0 Å². The fourth-order valence-corrected chi connectivity index (χ4v) is 3.96. The van der Waals surface area contributed by atoms with Gasteiger partial charge < -0.3 is 20.1 Å². The van der Waals surface area contributed by atoms with Gasteiger partial charge in [-0.2, -0.15) is 5.10 Å². The minimum absolute atomic E-state index is 0.00770. The van der Waals surface area contributed by atoms with Crippen molar-refractivity contribution in [2.45, 2.75) is 25.9 Å². The molecule has 7 heteroatoms. The Hall–Kier alpha value is -4.28. The number of anilines is 1. The molecule has 1 atom stereocenters. The zero-order valence-corrected chi connectivity index (χ0v) is 20.5. The number of carbonyl (C=O) groups excluding carboxylic acids is 1. The highest BCUT2D eigenvalue weighted by atomic mass is 16.5. The van der Waals surface area contributed by atoms with E-state index in [1.54, 1.807) is 53.4 Å². The number of rotatable bonds is 8. The molecule has 0 saturated carbocycles. The second-order valence-electron chi connectivity index (χ2n) is 8.49. The Morgan fingerprint density at radius 1 is 1.25 bits per heavy atom. The van der Waals surface area contributed by atoms with Crippen LogP contribution in [0.3, 0.4) is 0 Å². The molecule has 1 amide bonds. The molecule has 2 N–H and O–H groups in total. The second-order valence-corrected chi connectivity index (χ2v) is 8.49. The molecule has 0 aliphatic carbocycles. The number of terminal acetylenes is 1. The van der Waals surface area contributed by atoms with Crippen molar-refractivity contribution < 1.29 is 14.3 Å². The average molecular weight is 483 g/mol.